The second-order valence-corrected chi connectivity index (χ2v) is 6.56. The summed E-state index contributed by atoms with van der Waals surface area (Å²) in [6.45, 7) is 2.48. The average molecular weight is 286 g/mol. The van der Waals surface area contributed by atoms with Crippen LogP contribution in [-0.4, -0.2) is 18.5 Å². The van der Waals surface area contributed by atoms with Crippen molar-refractivity contribution in [2.45, 2.75) is 64.4 Å². The molecule has 0 aliphatic heterocycles. The molecule has 2 aliphatic carbocycles. The zero-order chi connectivity index (χ0) is 14.7. The van der Waals surface area contributed by atoms with Gasteiger partial charge in [-0.2, -0.15) is 0 Å². The van der Waals surface area contributed by atoms with E-state index in [0.717, 1.165) is 24.8 Å². The molecular formula is C19H26O2. The number of carbonyl (C=O) groups is 1. The van der Waals surface area contributed by atoms with Gasteiger partial charge in [-0.05, 0) is 55.2 Å². The van der Waals surface area contributed by atoms with Gasteiger partial charge in [-0.1, -0.05) is 38.3 Å². The Bertz CT molecular complexity index is 506. The molecule has 2 unspecified atom stereocenters. The first kappa shape index (κ1) is 14.8. The topological polar surface area (TPSA) is 26.3 Å². The Morgan fingerprint density at radius 1 is 1.14 bits per heavy atom. The fraction of sp³-hybridized carbons (Fsp3) is 0.632. The van der Waals surface area contributed by atoms with Crippen LogP contribution in [-0.2, 0) is 17.6 Å². The van der Waals surface area contributed by atoms with Crippen LogP contribution in [0.2, 0.25) is 0 Å². The van der Waals surface area contributed by atoms with Crippen LogP contribution in [0.3, 0.4) is 0 Å². The third kappa shape index (κ3) is 3.37. The number of ketones is 1. The van der Waals surface area contributed by atoms with Crippen molar-refractivity contribution >= 4 is 5.78 Å². The zero-order valence-electron chi connectivity index (χ0n) is 13.1. The number of fused-ring (bicyclic) bond motifs is 1. The lowest BCUT2D eigenvalue weighted by molar-refractivity contribution is -0.00570. The fourth-order valence-electron chi connectivity index (χ4n) is 3.87. The van der Waals surface area contributed by atoms with Crippen molar-refractivity contribution in [2.24, 2.45) is 5.92 Å². The van der Waals surface area contributed by atoms with Gasteiger partial charge in [0.25, 0.3) is 0 Å². The molecule has 0 aromatic heterocycles. The van der Waals surface area contributed by atoms with Crippen LogP contribution in [0.25, 0.3) is 0 Å². The van der Waals surface area contributed by atoms with Gasteiger partial charge in [-0.15, -0.1) is 0 Å². The number of hydrogen-bond acceptors (Lipinski definition) is 2. The quantitative estimate of drug-likeness (QED) is 0.752. The van der Waals surface area contributed by atoms with Crippen molar-refractivity contribution in [1.29, 1.82) is 0 Å². The number of carbonyl (C=O) groups excluding carboxylic acids is 1. The molecule has 0 N–H and O–H groups in total. The minimum absolute atomic E-state index is 0.144. The molecule has 1 saturated carbocycles. The van der Waals surface area contributed by atoms with E-state index in [1.807, 2.05) is 6.07 Å². The van der Waals surface area contributed by atoms with Crippen molar-refractivity contribution < 1.29 is 9.53 Å². The van der Waals surface area contributed by atoms with Gasteiger partial charge < -0.3 is 4.74 Å². The van der Waals surface area contributed by atoms with Crippen molar-refractivity contribution in [3.63, 3.8) is 0 Å². The van der Waals surface area contributed by atoms with Crippen molar-refractivity contribution in [1.82, 2.24) is 0 Å². The summed E-state index contributed by atoms with van der Waals surface area (Å²) in [5, 5.41) is 0. The predicted molar refractivity (Wildman–Crippen MR) is 84.8 cm³/mol. The molecule has 0 saturated heterocycles. The van der Waals surface area contributed by atoms with Crippen molar-refractivity contribution in [3.8, 4) is 0 Å². The highest BCUT2D eigenvalue weighted by molar-refractivity contribution is 5.97. The molecule has 2 atom stereocenters. The van der Waals surface area contributed by atoms with Gasteiger partial charge in [0.05, 0.1) is 6.10 Å². The van der Waals surface area contributed by atoms with Gasteiger partial charge in [0.1, 0.15) is 6.61 Å². The summed E-state index contributed by atoms with van der Waals surface area (Å²) in [5.74, 6) is 0.789. The Morgan fingerprint density at radius 2 is 1.95 bits per heavy atom. The van der Waals surface area contributed by atoms with E-state index in [1.165, 1.54) is 43.2 Å². The third-order valence-corrected chi connectivity index (χ3v) is 5.21. The molecule has 0 amide bonds. The molecule has 2 heteroatoms. The lowest BCUT2D eigenvalue weighted by Gasteiger charge is -2.30. The smallest absolute Gasteiger partial charge is 0.188 e. The van der Waals surface area contributed by atoms with Crippen LogP contribution in [0, 0.1) is 5.92 Å². The maximum Gasteiger partial charge on any atom is 0.188 e. The molecule has 2 aliphatic rings. The van der Waals surface area contributed by atoms with Crippen LogP contribution in [0.5, 0.6) is 0 Å². The highest BCUT2D eigenvalue weighted by Gasteiger charge is 2.25. The SMILES string of the molecule is CCC1CCCCC1OCC(=O)c1ccc2c(c1)CCC2. The Morgan fingerprint density at radius 3 is 2.81 bits per heavy atom. The first-order valence-electron chi connectivity index (χ1n) is 8.54. The molecule has 21 heavy (non-hydrogen) atoms. The van der Waals surface area contributed by atoms with Gasteiger partial charge in [0.15, 0.2) is 5.78 Å². The number of ether oxygens (including phenoxy) is 1. The Hall–Kier alpha value is -1.15. The second kappa shape index (κ2) is 6.74. The van der Waals surface area contributed by atoms with E-state index in [4.69, 9.17) is 4.74 Å². The van der Waals surface area contributed by atoms with Gasteiger partial charge in [-0.3, -0.25) is 4.79 Å². The molecule has 0 bridgehead atoms. The Kier molecular flexibility index (Phi) is 4.74. The minimum atomic E-state index is 0.144. The molecule has 114 valence electrons. The van der Waals surface area contributed by atoms with E-state index in [9.17, 15) is 4.79 Å². The fourth-order valence-corrected chi connectivity index (χ4v) is 3.87. The van der Waals surface area contributed by atoms with E-state index >= 15 is 0 Å². The Labute approximate surface area is 127 Å². The van der Waals surface area contributed by atoms with Crippen LogP contribution in [0.4, 0.5) is 0 Å². The number of benzene rings is 1. The molecule has 1 aromatic carbocycles. The van der Waals surface area contributed by atoms with Crippen LogP contribution in [0.15, 0.2) is 18.2 Å². The summed E-state index contributed by atoms with van der Waals surface area (Å²) in [4.78, 5) is 12.4. The average Bonchev–Trinajstić information content (AvgIpc) is 3.00. The summed E-state index contributed by atoms with van der Waals surface area (Å²) in [6.07, 6.45) is 9.91. The summed E-state index contributed by atoms with van der Waals surface area (Å²) >= 11 is 0. The van der Waals surface area contributed by atoms with Crippen LogP contribution < -0.4 is 0 Å². The Balaban J connectivity index is 1.58. The summed E-state index contributed by atoms with van der Waals surface area (Å²) < 4.78 is 5.97. The number of Topliss-reactive ketones (excluding diaryl/α,β-unsaturated/α-hetero) is 1. The molecule has 0 heterocycles. The van der Waals surface area contributed by atoms with Gasteiger partial charge in [0, 0.05) is 5.56 Å². The number of rotatable bonds is 5. The van der Waals surface area contributed by atoms with E-state index in [2.05, 4.69) is 19.1 Å². The maximum atomic E-state index is 12.4. The normalized spacial score (nSPS) is 24.8. The van der Waals surface area contributed by atoms with Crippen LogP contribution in [0.1, 0.15) is 66.9 Å². The highest BCUT2D eigenvalue weighted by Crippen LogP contribution is 2.29. The highest BCUT2D eigenvalue weighted by atomic mass is 16.5. The standard InChI is InChI=1S/C19H26O2/c1-2-14-6-3-4-9-19(14)21-13-18(20)17-11-10-15-7-5-8-16(15)12-17/h10-12,14,19H,2-9,13H2,1H3. The lowest BCUT2D eigenvalue weighted by atomic mass is 9.85. The maximum absolute atomic E-state index is 12.4. The summed E-state index contributed by atoms with van der Waals surface area (Å²) in [7, 11) is 0. The van der Waals surface area contributed by atoms with E-state index in [-0.39, 0.29) is 12.4 Å². The third-order valence-electron chi connectivity index (χ3n) is 5.21. The monoisotopic (exact) mass is 286 g/mol. The van der Waals surface area contributed by atoms with E-state index < -0.39 is 0 Å². The van der Waals surface area contributed by atoms with Crippen molar-refractivity contribution in [3.05, 3.63) is 34.9 Å². The molecule has 2 nitrogen and oxygen atoms in total. The van der Waals surface area contributed by atoms with E-state index in [0.29, 0.717) is 12.0 Å². The summed E-state index contributed by atoms with van der Waals surface area (Å²) in [5.41, 5.74) is 3.62. The molecular weight excluding hydrogens is 260 g/mol. The number of hydrogen-bond donors (Lipinski definition) is 0. The van der Waals surface area contributed by atoms with Crippen LogP contribution >= 0.6 is 0 Å². The molecule has 3 rings (SSSR count). The largest absolute Gasteiger partial charge is 0.370 e. The molecule has 0 spiro atoms. The number of aryl methyl sites for hydroxylation is 2. The first-order chi connectivity index (χ1) is 10.3. The molecule has 1 aromatic rings. The minimum Gasteiger partial charge on any atom is -0.370 e. The summed E-state index contributed by atoms with van der Waals surface area (Å²) in [6, 6.07) is 6.20. The predicted octanol–water partition coefficient (Wildman–Crippen LogP) is 4.34. The van der Waals surface area contributed by atoms with Gasteiger partial charge in [-0.25, -0.2) is 0 Å². The van der Waals surface area contributed by atoms with E-state index in [1.54, 1.807) is 0 Å². The molecule has 0 radical (unpaired) electrons. The second-order valence-electron chi connectivity index (χ2n) is 6.56. The molecule has 1 fully saturated rings. The van der Waals surface area contributed by atoms with Crippen molar-refractivity contribution in [2.75, 3.05) is 6.61 Å². The van der Waals surface area contributed by atoms with Gasteiger partial charge >= 0.3 is 0 Å². The van der Waals surface area contributed by atoms with Gasteiger partial charge in [0.2, 0.25) is 0 Å². The lowest BCUT2D eigenvalue weighted by Crippen LogP contribution is -2.29. The zero-order valence-corrected chi connectivity index (χ0v) is 13.1. The first-order valence-corrected chi connectivity index (χ1v) is 8.54.